The highest BCUT2D eigenvalue weighted by Gasteiger charge is 2.01. The molecule has 0 bridgehead atoms. The van der Waals surface area contributed by atoms with Crippen LogP contribution >= 0.6 is 0 Å². The molecule has 4 heteroatoms. The van der Waals surface area contributed by atoms with Crippen LogP contribution in [-0.2, 0) is 0 Å². The molecule has 126 valence electrons. The summed E-state index contributed by atoms with van der Waals surface area (Å²) in [5, 5.41) is 9.21. The van der Waals surface area contributed by atoms with Gasteiger partial charge in [-0.25, -0.2) is 0 Å². The summed E-state index contributed by atoms with van der Waals surface area (Å²) in [6, 6.07) is 7.76. The standard InChI is InChI=1S/C20H24N2O2/c1-3-13-24-19-11-9-17(10-12-19)20-15-21-18(14-22-20)8-6-4-5-7-16(2)23/h3,6,8-12,14-16,23H,1,4-5,7,13H2,2H3. The highest BCUT2D eigenvalue weighted by molar-refractivity contribution is 5.59. The highest BCUT2D eigenvalue weighted by atomic mass is 16.5. The Morgan fingerprint density at radius 3 is 2.62 bits per heavy atom. The summed E-state index contributed by atoms with van der Waals surface area (Å²) in [6.07, 6.45) is 11.8. The molecule has 0 aliphatic rings. The van der Waals surface area contributed by atoms with Crippen LogP contribution < -0.4 is 4.74 Å². The minimum absolute atomic E-state index is 0.231. The second-order valence-electron chi connectivity index (χ2n) is 5.63. The van der Waals surface area contributed by atoms with Gasteiger partial charge >= 0.3 is 0 Å². The maximum Gasteiger partial charge on any atom is 0.119 e. The summed E-state index contributed by atoms with van der Waals surface area (Å²) in [7, 11) is 0. The molecule has 0 saturated heterocycles. The number of hydrogen-bond donors (Lipinski definition) is 1. The Morgan fingerprint density at radius 1 is 1.21 bits per heavy atom. The van der Waals surface area contributed by atoms with Crippen LogP contribution in [0, 0.1) is 0 Å². The molecule has 2 rings (SSSR count). The van der Waals surface area contributed by atoms with Gasteiger partial charge in [-0.15, -0.1) is 0 Å². The van der Waals surface area contributed by atoms with Gasteiger partial charge in [0.15, 0.2) is 0 Å². The Bertz CT molecular complexity index is 646. The smallest absolute Gasteiger partial charge is 0.119 e. The Labute approximate surface area is 143 Å². The summed E-state index contributed by atoms with van der Waals surface area (Å²) in [4.78, 5) is 8.87. The first kappa shape index (κ1) is 17.9. The number of ether oxygens (including phenoxy) is 1. The molecular weight excluding hydrogens is 300 g/mol. The van der Waals surface area contributed by atoms with Gasteiger partial charge in [-0.1, -0.05) is 18.7 Å². The first-order valence-corrected chi connectivity index (χ1v) is 8.20. The van der Waals surface area contributed by atoms with E-state index in [1.165, 1.54) is 0 Å². The number of rotatable bonds is 9. The van der Waals surface area contributed by atoms with Gasteiger partial charge in [0.25, 0.3) is 0 Å². The molecule has 2 aromatic rings. The molecule has 1 unspecified atom stereocenters. The molecule has 1 heterocycles. The van der Waals surface area contributed by atoms with E-state index >= 15 is 0 Å². The molecular formula is C20H24N2O2. The minimum atomic E-state index is -0.231. The van der Waals surface area contributed by atoms with Crippen LogP contribution in [0.1, 0.15) is 31.9 Å². The van der Waals surface area contributed by atoms with Crippen molar-refractivity contribution >= 4 is 6.08 Å². The van der Waals surface area contributed by atoms with Crippen LogP contribution in [0.5, 0.6) is 5.75 Å². The number of nitrogens with zero attached hydrogens (tertiary/aromatic N) is 2. The summed E-state index contributed by atoms with van der Waals surface area (Å²) in [6.45, 7) is 5.94. The van der Waals surface area contributed by atoms with Gasteiger partial charge in [-0.05, 0) is 56.5 Å². The fourth-order valence-corrected chi connectivity index (χ4v) is 2.19. The topological polar surface area (TPSA) is 55.2 Å². The zero-order valence-corrected chi connectivity index (χ0v) is 14.1. The Balaban J connectivity index is 1.91. The largest absolute Gasteiger partial charge is 0.490 e. The molecule has 0 radical (unpaired) electrons. The molecule has 4 nitrogen and oxygen atoms in total. The van der Waals surface area contributed by atoms with E-state index in [9.17, 15) is 5.11 Å². The lowest BCUT2D eigenvalue weighted by atomic mass is 10.1. The molecule has 1 N–H and O–H groups in total. The summed E-state index contributed by atoms with van der Waals surface area (Å²) in [5.41, 5.74) is 2.67. The average molecular weight is 324 g/mol. The van der Waals surface area contributed by atoms with Crippen molar-refractivity contribution < 1.29 is 9.84 Å². The number of hydrogen-bond acceptors (Lipinski definition) is 4. The normalized spacial score (nSPS) is 12.2. The fourth-order valence-electron chi connectivity index (χ4n) is 2.19. The molecule has 0 saturated carbocycles. The van der Waals surface area contributed by atoms with E-state index in [0.29, 0.717) is 6.61 Å². The molecule has 1 atom stereocenters. The van der Waals surface area contributed by atoms with E-state index in [-0.39, 0.29) is 6.10 Å². The molecule has 0 aliphatic carbocycles. The van der Waals surface area contributed by atoms with Crippen molar-refractivity contribution in [2.24, 2.45) is 0 Å². The van der Waals surface area contributed by atoms with Gasteiger partial charge in [0, 0.05) is 5.56 Å². The molecule has 0 aliphatic heterocycles. The molecule has 0 amide bonds. The second-order valence-corrected chi connectivity index (χ2v) is 5.63. The lowest BCUT2D eigenvalue weighted by Crippen LogP contribution is -1.97. The summed E-state index contributed by atoms with van der Waals surface area (Å²) >= 11 is 0. The predicted molar refractivity (Wildman–Crippen MR) is 97.7 cm³/mol. The van der Waals surface area contributed by atoms with E-state index in [2.05, 4.69) is 22.6 Å². The third-order valence-electron chi connectivity index (χ3n) is 3.47. The summed E-state index contributed by atoms with van der Waals surface area (Å²) in [5.74, 6) is 0.809. The van der Waals surface area contributed by atoms with Gasteiger partial charge in [0.1, 0.15) is 12.4 Å². The van der Waals surface area contributed by atoms with Gasteiger partial charge in [-0.3, -0.25) is 9.97 Å². The zero-order valence-electron chi connectivity index (χ0n) is 14.1. The third-order valence-corrected chi connectivity index (χ3v) is 3.47. The van der Waals surface area contributed by atoms with Crippen LogP contribution in [0.3, 0.4) is 0 Å². The fraction of sp³-hybridized carbons (Fsp3) is 0.300. The maximum atomic E-state index is 9.21. The van der Waals surface area contributed by atoms with Crippen molar-refractivity contribution in [2.45, 2.75) is 32.3 Å². The van der Waals surface area contributed by atoms with Crippen LogP contribution in [0.4, 0.5) is 0 Å². The molecule has 1 aromatic heterocycles. The van der Waals surface area contributed by atoms with Crippen LogP contribution in [0.25, 0.3) is 17.3 Å². The first-order chi connectivity index (χ1) is 11.7. The summed E-state index contributed by atoms with van der Waals surface area (Å²) < 4.78 is 5.47. The van der Waals surface area contributed by atoms with E-state index in [1.807, 2.05) is 37.3 Å². The van der Waals surface area contributed by atoms with Gasteiger partial charge in [0.2, 0.25) is 0 Å². The number of aromatic nitrogens is 2. The van der Waals surface area contributed by atoms with Crippen molar-refractivity contribution in [1.29, 1.82) is 0 Å². The third kappa shape index (κ3) is 5.97. The zero-order chi connectivity index (χ0) is 17.2. The monoisotopic (exact) mass is 324 g/mol. The van der Waals surface area contributed by atoms with Crippen LogP contribution in [0.2, 0.25) is 0 Å². The van der Waals surface area contributed by atoms with Crippen molar-refractivity contribution in [2.75, 3.05) is 6.61 Å². The van der Waals surface area contributed by atoms with E-state index in [4.69, 9.17) is 4.74 Å². The molecule has 0 fully saturated rings. The van der Waals surface area contributed by atoms with E-state index < -0.39 is 0 Å². The van der Waals surface area contributed by atoms with Crippen molar-refractivity contribution in [3.8, 4) is 17.0 Å². The number of allylic oxidation sites excluding steroid dienone is 1. The van der Waals surface area contributed by atoms with Gasteiger partial charge in [0.05, 0.1) is 29.9 Å². The average Bonchev–Trinajstić information content (AvgIpc) is 2.60. The lowest BCUT2D eigenvalue weighted by molar-refractivity contribution is 0.182. The molecule has 24 heavy (non-hydrogen) atoms. The number of unbranched alkanes of at least 4 members (excludes halogenated alkanes) is 1. The number of aliphatic hydroxyl groups is 1. The number of benzene rings is 1. The maximum absolute atomic E-state index is 9.21. The molecule has 0 spiro atoms. The molecule has 1 aromatic carbocycles. The van der Waals surface area contributed by atoms with Crippen molar-refractivity contribution in [3.63, 3.8) is 0 Å². The Morgan fingerprint density at radius 2 is 2.00 bits per heavy atom. The van der Waals surface area contributed by atoms with Crippen LogP contribution in [0.15, 0.2) is 55.4 Å². The van der Waals surface area contributed by atoms with Crippen molar-refractivity contribution in [3.05, 3.63) is 61.1 Å². The Kier molecular flexibility index (Phi) is 7.18. The van der Waals surface area contributed by atoms with Crippen molar-refractivity contribution in [1.82, 2.24) is 9.97 Å². The quantitative estimate of drug-likeness (QED) is 0.553. The lowest BCUT2D eigenvalue weighted by Gasteiger charge is -2.05. The van der Waals surface area contributed by atoms with Crippen LogP contribution in [-0.4, -0.2) is 27.8 Å². The highest BCUT2D eigenvalue weighted by Crippen LogP contribution is 2.20. The number of aliphatic hydroxyl groups excluding tert-OH is 1. The minimum Gasteiger partial charge on any atom is -0.490 e. The SMILES string of the molecule is C=CCOc1ccc(-c2cnc(C=CCCCC(C)O)cn2)cc1. The predicted octanol–water partition coefficient (Wildman–Crippen LogP) is 4.27. The van der Waals surface area contributed by atoms with E-state index in [1.54, 1.807) is 18.5 Å². The van der Waals surface area contributed by atoms with Gasteiger partial charge in [-0.2, -0.15) is 0 Å². The second kappa shape index (κ2) is 9.63. The first-order valence-electron chi connectivity index (χ1n) is 8.20. The van der Waals surface area contributed by atoms with E-state index in [0.717, 1.165) is 42.0 Å². The van der Waals surface area contributed by atoms with Gasteiger partial charge < -0.3 is 9.84 Å². The Hall–Kier alpha value is -2.46.